The predicted molar refractivity (Wildman–Crippen MR) is 74.6 cm³/mol. The van der Waals surface area contributed by atoms with E-state index >= 15 is 0 Å². The molecular formula is C13H21FN4O2. The number of nitrogens with one attached hydrogen (secondary N) is 2. The van der Waals surface area contributed by atoms with Crippen LogP contribution in [0.2, 0.25) is 0 Å². The maximum Gasteiger partial charge on any atom is 0.254 e. The van der Waals surface area contributed by atoms with Crippen molar-refractivity contribution in [1.82, 2.24) is 10.3 Å². The first-order valence-corrected chi connectivity index (χ1v) is 6.51. The van der Waals surface area contributed by atoms with Crippen molar-refractivity contribution in [2.24, 2.45) is 11.8 Å². The van der Waals surface area contributed by atoms with Gasteiger partial charge < -0.3 is 15.5 Å². The van der Waals surface area contributed by atoms with Gasteiger partial charge in [0.05, 0.1) is 18.2 Å². The first-order chi connectivity index (χ1) is 9.51. The third kappa shape index (κ3) is 4.14. The molecule has 7 heteroatoms. The number of hydrogen-bond donors (Lipinski definition) is 3. The monoisotopic (exact) mass is 284 g/mol. The van der Waals surface area contributed by atoms with Crippen LogP contribution < -0.4 is 16.6 Å². The Labute approximate surface area is 117 Å². The molecular weight excluding hydrogens is 263 g/mol. The van der Waals surface area contributed by atoms with E-state index in [1.165, 1.54) is 12.3 Å². The van der Waals surface area contributed by atoms with Gasteiger partial charge in [-0.25, -0.2) is 15.2 Å². The fourth-order valence-electron chi connectivity index (χ4n) is 1.61. The second-order valence-corrected chi connectivity index (χ2v) is 4.65. The van der Waals surface area contributed by atoms with Crippen LogP contribution in [0.25, 0.3) is 0 Å². The summed E-state index contributed by atoms with van der Waals surface area (Å²) >= 11 is 0. The molecule has 4 N–H and O–H groups in total. The van der Waals surface area contributed by atoms with Crippen LogP contribution in [-0.2, 0) is 4.74 Å². The molecule has 1 atom stereocenters. The molecule has 0 radical (unpaired) electrons. The smallest absolute Gasteiger partial charge is 0.254 e. The summed E-state index contributed by atoms with van der Waals surface area (Å²) in [6, 6.07) is 1.12. The van der Waals surface area contributed by atoms with Crippen molar-refractivity contribution in [3.05, 3.63) is 23.6 Å². The van der Waals surface area contributed by atoms with Gasteiger partial charge in [0.2, 0.25) is 0 Å². The average molecular weight is 284 g/mol. The maximum atomic E-state index is 13.9. The van der Waals surface area contributed by atoms with Crippen LogP contribution in [0.4, 0.5) is 10.2 Å². The van der Waals surface area contributed by atoms with Gasteiger partial charge in [-0.05, 0) is 18.9 Å². The van der Waals surface area contributed by atoms with Gasteiger partial charge in [0, 0.05) is 12.8 Å². The highest BCUT2D eigenvalue weighted by molar-refractivity contribution is 5.95. The van der Waals surface area contributed by atoms with Crippen LogP contribution in [0, 0.1) is 11.7 Å². The Morgan fingerprint density at radius 2 is 2.25 bits per heavy atom. The van der Waals surface area contributed by atoms with E-state index in [9.17, 15) is 9.18 Å². The number of pyridine rings is 1. The molecule has 1 heterocycles. The molecule has 0 bridgehead atoms. The van der Waals surface area contributed by atoms with Gasteiger partial charge in [-0.3, -0.25) is 4.79 Å². The Kier molecular flexibility index (Phi) is 6.33. The number of anilines is 1. The third-order valence-electron chi connectivity index (χ3n) is 2.89. The van der Waals surface area contributed by atoms with Gasteiger partial charge in [0.25, 0.3) is 5.91 Å². The minimum atomic E-state index is -0.772. The molecule has 1 amide bonds. The van der Waals surface area contributed by atoms with Crippen LogP contribution in [0.5, 0.6) is 0 Å². The van der Waals surface area contributed by atoms with Gasteiger partial charge in [-0.2, -0.15) is 0 Å². The standard InChI is InChI=1S/C13H21FN4O2/c1-4-20-7-10(8(2)3)17-13(19)9-5-6-16-12(18-15)11(9)14/h5-6,8,10H,4,7,15H2,1-3H3,(H,16,18)(H,17,19). The van der Waals surface area contributed by atoms with Crippen molar-refractivity contribution in [1.29, 1.82) is 0 Å². The summed E-state index contributed by atoms with van der Waals surface area (Å²) < 4.78 is 19.2. The topological polar surface area (TPSA) is 89.3 Å². The molecule has 0 aromatic carbocycles. The Hall–Kier alpha value is -1.73. The molecule has 112 valence electrons. The van der Waals surface area contributed by atoms with Crippen LogP contribution >= 0.6 is 0 Å². The van der Waals surface area contributed by atoms with E-state index in [4.69, 9.17) is 10.6 Å². The molecule has 0 aliphatic carbocycles. The largest absolute Gasteiger partial charge is 0.380 e. The highest BCUT2D eigenvalue weighted by Gasteiger charge is 2.21. The van der Waals surface area contributed by atoms with E-state index in [0.717, 1.165) is 0 Å². The molecule has 20 heavy (non-hydrogen) atoms. The third-order valence-corrected chi connectivity index (χ3v) is 2.89. The molecule has 0 saturated heterocycles. The first kappa shape index (κ1) is 16.3. The summed E-state index contributed by atoms with van der Waals surface area (Å²) in [7, 11) is 0. The Balaban J connectivity index is 2.83. The number of carbonyl (C=O) groups excluding carboxylic acids is 1. The lowest BCUT2D eigenvalue weighted by atomic mass is 10.0. The molecule has 0 fully saturated rings. The quantitative estimate of drug-likeness (QED) is 0.519. The Bertz CT molecular complexity index is 454. The van der Waals surface area contributed by atoms with Gasteiger partial charge in [-0.1, -0.05) is 13.8 Å². The van der Waals surface area contributed by atoms with Crippen LogP contribution in [0.1, 0.15) is 31.1 Å². The molecule has 0 spiro atoms. The SMILES string of the molecule is CCOCC(NC(=O)c1ccnc(NN)c1F)C(C)C. The molecule has 1 unspecified atom stereocenters. The summed E-state index contributed by atoms with van der Waals surface area (Å²) in [5, 5.41) is 2.76. The van der Waals surface area contributed by atoms with Crippen molar-refractivity contribution in [2.75, 3.05) is 18.6 Å². The lowest BCUT2D eigenvalue weighted by Gasteiger charge is -2.22. The van der Waals surface area contributed by atoms with Crippen molar-refractivity contribution in [3.8, 4) is 0 Å². The summed E-state index contributed by atoms with van der Waals surface area (Å²) in [6.07, 6.45) is 1.32. The number of amides is 1. The van der Waals surface area contributed by atoms with Gasteiger partial charge >= 0.3 is 0 Å². The summed E-state index contributed by atoms with van der Waals surface area (Å²) in [5.41, 5.74) is 2.01. The zero-order valence-corrected chi connectivity index (χ0v) is 11.9. The molecule has 0 aliphatic heterocycles. The van der Waals surface area contributed by atoms with Crippen molar-refractivity contribution < 1.29 is 13.9 Å². The molecule has 6 nitrogen and oxygen atoms in total. The normalized spacial score (nSPS) is 12.3. The number of ether oxygens (including phenoxy) is 1. The lowest BCUT2D eigenvalue weighted by Crippen LogP contribution is -2.42. The van der Waals surface area contributed by atoms with E-state index in [2.05, 4.69) is 15.7 Å². The molecule has 1 aromatic rings. The number of hydrazine groups is 1. The van der Waals surface area contributed by atoms with Gasteiger partial charge in [0.15, 0.2) is 11.6 Å². The Morgan fingerprint density at radius 1 is 1.55 bits per heavy atom. The first-order valence-electron chi connectivity index (χ1n) is 6.51. The number of rotatable bonds is 7. The van der Waals surface area contributed by atoms with Crippen LogP contribution in [0.15, 0.2) is 12.3 Å². The fraction of sp³-hybridized carbons (Fsp3) is 0.538. The van der Waals surface area contributed by atoms with Crippen LogP contribution in [-0.4, -0.2) is 30.1 Å². The zero-order chi connectivity index (χ0) is 15.1. The number of nitrogens with zero attached hydrogens (tertiary/aromatic N) is 1. The maximum absolute atomic E-state index is 13.9. The second kappa shape index (κ2) is 7.76. The number of halogens is 1. The minimum absolute atomic E-state index is 0.102. The number of hydrogen-bond acceptors (Lipinski definition) is 5. The van der Waals surface area contributed by atoms with Crippen LogP contribution in [0.3, 0.4) is 0 Å². The van der Waals surface area contributed by atoms with E-state index in [1.807, 2.05) is 20.8 Å². The van der Waals surface area contributed by atoms with E-state index in [1.54, 1.807) is 0 Å². The fourth-order valence-corrected chi connectivity index (χ4v) is 1.61. The summed E-state index contributed by atoms with van der Waals surface area (Å²) in [5.74, 6) is 3.85. The van der Waals surface area contributed by atoms with Crippen molar-refractivity contribution in [3.63, 3.8) is 0 Å². The second-order valence-electron chi connectivity index (χ2n) is 4.65. The van der Waals surface area contributed by atoms with E-state index < -0.39 is 11.7 Å². The zero-order valence-electron chi connectivity index (χ0n) is 11.9. The van der Waals surface area contributed by atoms with E-state index in [-0.39, 0.29) is 23.3 Å². The predicted octanol–water partition coefficient (Wildman–Crippen LogP) is 1.30. The number of nitrogens with two attached hydrogens (primary N) is 1. The number of nitrogen functional groups attached to an aromatic ring is 1. The van der Waals surface area contributed by atoms with Crippen molar-refractivity contribution in [2.45, 2.75) is 26.8 Å². The molecule has 0 aliphatic rings. The highest BCUT2D eigenvalue weighted by Crippen LogP contribution is 2.14. The average Bonchev–Trinajstić information content (AvgIpc) is 2.43. The summed E-state index contributed by atoms with van der Waals surface area (Å²) in [6.45, 7) is 6.74. The van der Waals surface area contributed by atoms with Crippen molar-refractivity contribution >= 4 is 11.7 Å². The minimum Gasteiger partial charge on any atom is -0.380 e. The number of carbonyl (C=O) groups is 1. The highest BCUT2D eigenvalue weighted by atomic mass is 19.1. The Morgan fingerprint density at radius 3 is 2.80 bits per heavy atom. The van der Waals surface area contributed by atoms with E-state index in [0.29, 0.717) is 13.2 Å². The van der Waals surface area contributed by atoms with Gasteiger partial charge in [0.1, 0.15) is 0 Å². The molecule has 0 saturated carbocycles. The lowest BCUT2D eigenvalue weighted by molar-refractivity contribution is 0.0803. The molecule has 1 rings (SSSR count). The molecule has 1 aromatic heterocycles. The number of aromatic nitrogens is 1. The van der Waals surface area contributed by atoms with Gasteiger partial charge in [-0.15, -0.1) is 0 Å². The summed E-state index contributed by atoms with van der Waals surface area (Å²) in [4.78, 5) is 15.8.